The van der Waals surface area contributed by atoms with Gasteiger partial charge in [-0.2, -0.15) is 0 Å². The van der Waals surface area contributed by atoms with Crippen LogP contribution in [-0.2, 0) is 29.8 Å². The first kappa shape index (κ1) is 18.4. The van der Waals surface area contributed by atoms with Crippen LogP contribution in [0.15, 0.2) is 35.7 Å². The van der Waals surface area contributed by atoms with Crippen LogP contribution >= 0.6 is 23.7 Å². The van der Waals surface area contributed by atoms with Gasteiger partial charge in [0.2, 0.25) is 5.91 Å². The van der Waals surface area contributed by atoms with Crippen molar-refractivity contribution in [1.29, 1.82) is 0 Å². The van der Waals surface area contributed by atoms with Crippen molar-refractivity contribution >= 4 is 29.7 Å². The summed E-state index contributed by atoms with van der Waals surface area (Å²) in [6.07, 6.45) is 5.50. The smallest absolute Gasteiger partial charge is 0.231 e. The normalized spacial score (nSPS) is 18.2. The van der Waals surface area contributed by atoms with Crippen molar-refractivity contribution in [3.63, 3.8) is 0 Å². The van der Waals surface area contributed by atoms with E-state index in [1.54, 1.807) is 11.3 Å². The van der Waals surface area contributed by atoms with Crippen molar-refractivity contribution in [1.82, 2.24) is 10.6 Å². The summed E-state index contributed by atoms with van der Waals surface area (Å²) in [5.41, 5.74) is 3.65. The summed E-state index contributed by atoms with van der Waals surface area (Å²) >= 11 is 1.73. The molecule has 0 atom stereocenters. The highest BCUT2D eigenvalue weighted by molar-refractivity contribution is 7.10. The fraction of sp³-hybridized carbons (Fsp3) is 0.450. The van der Waals surface area contributed by atoms with Crippen molar-refractivity contribution in [2.45, 2.75) is 57.2 Å². The molecule has 1 aliphatic heterocycles. The maximum absolute atomic E-state index is 13.1. The monoisotopic (exact) mass is 376 g/mol. The summed E-state index contributed by atoms with van der Waals surface area (Å²) in [6.45, 7) is 2.53. The first-order valence-electron chi connectivity index (χ1n) is 8.92. The molecular formula is C20H25ClN2OS. The number of amides is 1. The van der Waals surface area contributed by atoms with Gasteiger partial charge >= 0.3 is 0 Å². The van der Waals surface area contributed by atoms with Crippen LogP contribution in [0.25, 0.3) is 0 Å². The van der Waals surface area contributed by atoms with E-state index in [1.165, 1.54) is 28.0 Å². The molecule has 1 amide bonds. The van der Waals surface area contributed by atoms with E-state index in [0.29, 0.717) is 6.54 Å². The number of nitrogens with one attached hydrogen (secondary N) is 2. The van der Waals surface area contributed by atoms with Gasteiger partial charge in [0.1, 0.15) is 0 Å². The molecule has 0 spiro atoms. The van der Waals surface area contributed by atoms with Crippen molar-refractivity contribution in [2.24, 2.45) is 0 Å². The predicted octanol–water partition coefficient (Wildman–Crippen LogP) is 4.29. The molecule has 1 aromatic carbocycles. The Labute approximate surface area is 159 Å². The Balaban J connectivity index is 0.00000182. The van der Waals surface area contributed by atoms with Crippen molar-refractivity contribution in [3.05, 3.63) is 57.3 Å². The van der Waals surface area contributed by atoms with Crippen LogP contribution in [0.1, 0.15) is 53.7 Å². The van der Waals surface area contributed by atoms with Crippen LogP contribution in [0.5, 0.6) is 0 Å². The van der Waals surface area contributed by atoms with E-state index in [9.17, 15) is 4.79 Å². The van der Waals surface area contributed by atoms with E-state index in [2.05, 4.69) is 46.3 Å². The van der Waals surface area contributed by atoms with Gasteiger partial charge in [-0.05, 0) is 41.0 Å². The van der Waals surface area contributed by atoms with Gasteiger partial charge < -0.3 is 10.6 Å². The average molecular weight is 377 g/mol. The lowest BCUT2D eigenvalue weighted by Crippen LogP contribution is -2.45. The van der Waals surface area contributed by atoms with Gasteiger partial charge in [-0.1, -0.05) is 43.5 Å². The van der Waals surface area contributed by atoms with Crippen molar-refractivity contribution < 1.29 is 4.79 Å². The maximum Gasteiger partial charge on any atom is 0.231 e. The lowest BCUT2D eigenvalue weighted by Gasteiger charge is -2.35. The molecule has 0 bridgehead atoms. The molecule has 1 fully saturated rings. The number of carbonyl (C=O) groups excluding carboxylic acids is 1. The van der Waals surface area contributed by atoms with Gasteiger partial charge in [0.05, 0.1) is 5.41 Å². The average Bonchev–Trinajstić information content (AvgIpc) is 3.31. The number of thiophene rings is 1. The summed E-state index contributed by atoms with van der Waals surface area (Å²) in [5.74, 6) is 0.211. The number of fused-ring (bicyclic) bond motifs is 1. The van der Waals surface area contributed by atoms with Crippen molar-refractivity contribution in [3.8, 4) is 0 Å². The Bertz CT molecular complexity index is 723. The number of rotatable bonds is 4. The van der Waals surface area contributed by atoms with Gasteiger partial charge in [-0.3, -0.25) is 4.79 Å². The number of hydrogen-bond donors (Lipinski definition) is 2. The van der Waals surface area contributed by atoms with Crippen LogP contribution in [-0.4, -0.2) is 5.91 Å². The zero-order valence-corrected chi connectivity index (χ0v) is 16.0. The molecule has 1 aromatic heterocycles. The molecule has 1 saturated carbocycles. The molecule has 3 nitrogen and oxygen atoms in total. The van der Waals surface area contributed by atoms with Gasteiger partial charge in [0.15, 0.2) is 0 Å². The number of carbonyl (C=O) groups is 1. The first-order valence-corrected chi connectivity index (χ1v) is 9.80. The van der Waals surface area contributed by atoms with Gasteiger partial charge in [-0.15, -0.1) is 23.7 Å². The molecule has 2 aromatic rings. The highest BCUT2D eigenvalue weighted by atomic mass is 35.5. The van der Waals surface area contributed by atoms with E-state index in [4.69, 9.17) is 0 Å². The van der Waals surface area contributed by atoms with E-state index in [1.807, 2.05) is 0 Å². The summed E-state index contributed by atoms with van der Waals surface area (Å²) in [7, 11) is 0. The minimum absolute atomic E-state index is 0. The quantitative estimate of drug-likeness (QED) is 0.835. The molecule has 25 heavy (non-hydrogen) atoms. The number of halogens is 1. The summed E-state index contributed by atoms with van der Waals surface area (Å²) in [4.78, 5) is 14.3. The van der Waals surface area contributed by atoms with E-state index in [0.717, 1.165) is 38.8 Å². The summed E-state index contributed by atoms with van der Waals surface area (Å²) in [6, 6.07) is 10.8. The fourth-order valence-corrected chi connectivity index (χ4v) is 5.08. The van der Waals surface area contributed by atoms with Crippen molar-refractivity contribution in [2.75, 3.05) is 0 Å². The first-order chi connectivity index (χ1) is 11.8. The Morgan fingerprint density at radius 3 is 2.68 bits per heavy atom. The second-order valence-corrected chi connectivity index (χ2v) is 7.96. The topological polar surface area (TPSA) is 41.1 Å². The van der Waals surface area contributed by atoms with Gasteiger partial charge in [-0.25, -0.2) is 0 Å². The molecule has 2 aliphatic rings. The minimum atomic E-state index is -0.301. The van der Waals surface area contributed by atoms with E-state index >= 15 is 0 Å². The highest BCUT2D eigenvalue weighted by Gasteiger charge is 2.41. The second-order valence-electron chi connectivity index (χ2n) is 7.01. The van der Waals surface area contributed by atoms with E-state index < -0.39 is 0 Å². The van der Waals surface area contributed by atoms with Crippen LogP contribution in [0.2, 0.25) is 0 Å². The van der Waals surface area contributed by atoms with Crippen LogP contribution < -0.4 is 10.6 Å². The third kappa shape index (κ3) is 3.62. The summed E-state index contributed by atoms with van der Waals surface area (Å²) in [5, 5.41) is 8.70. The van der Waals surface area contributed by atoms with Crippen LogP contribution in [0.4, 0.5) is 0 Å². The molecule has 2 heterocycles. The SMILES string of the molecule is Cl.O=C(NCc1ccc2c(c1)CNC2)C1(c2cccs2)CCCCC1. The predicted molar refractivity (Wildman–Crippen MR) is 105 cm³/mol. The summed E-state index contributed by atoms with van der Waals surface area (Å²) < 4.78 is 0. The standard InChI is InChI=1S/C20H24N2OS.ClH/c23-19(20(8-2-1-3-9-20)18-5-4-10-24-18)22-12-15-6-7-16-13-21-14-17(16)11-15;/h4-7,10-11,21H,1-3,8-9,12-14H2,(H,22,23);1H. The second kappa shape index (κ2) is 7.90. The molecule has 5 heteroatoms. The van der Waals surface area contributed by atoms with Gasteiger partial charge in [0.25, 0.3) is 0 Å². The molecule has 134 valence electrons. The Morgan fingerprint density at radius 1 is 1.12 bits per heavy atom. The molecule has 2 N–H and O–H groups in total. The fourth-order valence-electron chi connectivity index (χ4n) is 4.10. The number of hydrogen-bond acceptors (Lipinski definition) is 3. The lowest BCUT2D eigenvalue weighted by molar-refractivity contribution is -0.128. The third-order valence-corrected chi connectivity index (χ3v) is 6.56. The lowest BCUT2D eigenvalue weighted by atomic mass is 9.72. The van der Waals surface area contributed by atoms with Gasteiger partial charge in [0, 0.05) is 24.5 Å². The molecule has 0 saturated heterocycles. The van der Waals surface area contributed by atoms with E-state index in [-0.39, 0.29) is 23.7 Å². The van der Waals surface area contributed by atoms with Crippen LogP contribution in [0.3, 0.4) is 0 Å². The molecule has 0 radical (unpaired) electrons. The van der Waals surface area contributed by atoms with Crippen LogP contribution in [0, 0.1) is 0 Å². The molecule has 1 aliphatic carbocycles. The highest BCUT2D eigenvalue weighted by Crippen LogP contribution is 2.41. The Hall–Kier alpha value is -1.36. The molecular weight excluding hydrogens is 352 g/mol. The number of benzene rings is 1. The third-order valence-electron chi connectivity index (χ3n) is 5.49. The largest absolute Gasteiger partial charge is 0.351 e. The molecule has 4 rings (SSSR count). The Morgan fingerprint density at radius 2 is 1.92 bits per heavy atom. The Kier molecular flexibility index (Phi) is 5.82. The maximum atomic E-state index is 13.1. The zero-order valence-electron chi connectivity index (χ0n) is 14.3. The minimum Gasteiger partial charge on any atom is -0.351 e. The molecule has 0 unspecified atom stereocenters. The zero-order chi connectivity index (χ0) is 16.4.